The van der Waals surface area contributed by atoms with Gasteiger partial charge in [-0.1, -0.05) is 47.5 Å². The molecule has 0 heterocycles. The van der Waals surface area contributed by atoms with Crippen molar-refractivity contribution in [3.8, 4) is 0 Å². The fourth-order valence-electron chi connectivity index (χ4n) is 1.58. The van der Waals surface area contributed by atoms with Gasteiger partial charge in [-0.2, -0.15) is 0 Å². The lowest BCUT2D eigenvalue weighted by Crippen LogP contribution is -2.24. The summed E-state index contributed by atoms with van der Waals surface area (Å²) >= 11 is 11.6. The average Bonchev–Trinajstić information content (AvgIpc) is 2.41. The first-order valence-corrected chi connectivity index (χ1v) is 7.83. The Kier molecular flexibility index (Phi) is 4.65. The molecule has 2 rings (SSSR count). The Morgan fingerprint density at radius 3 is 2.45 bits per heavy atom. The van der Waals surface area contributed by atoms with Gasteiger partial charge in [-0.05, 0) is 18.2 Å². The van der Waals surface area contributed by atoms with Crippen LogP contribution in [0.4, 0.5) is 4.39 Å². The standard InChI is InChI=1S/C13H10Cl2FNO2S/c14-10-5-3-7-12(13(10)15)20(18,19)17-8-9-4-1-2-6-11(9)16/h1-7,17H,8H2. The van der Waals surface area contributed by atoms with Crippen LogP contribution in [-0.2, 0) is 16.6 Å². The van der Waals surface area contributed by atoms with E-state index in [1.165, 1.54) is 36.4 Å². The second-order valence-electron chi connectivity index (χ2n) is 3.97. The molecule has 106 valence electrons. The predicted molar refractivity (Wildman–Crippen MR) is 76.9 cm³/mol. The minimum absolute atomic E-state index is 0.0600. The van der Waals surface area contributed by atoms with Gasteiger partial charge in [0.15, 0.2) is 0 Å². The highest BCUT2D eigenvalue weighted by molar-refractivity contribution is 7.89. The molecule has 0 unspecified atom stereocenters. The third-order valence-electron chi connectivity index (χ3n) is 2.62. The quantitative estimate of drug-likeness (QED) is 0.928. The number of halogens is 3. The van der Waals surface area contributed by atoms with Crippen molar-refractivity contribution in [2.45, 2.75) is 11.4 Å². The first-order valence-electron chi connectivity index (χ1n) is 5.59. The van der Waals surface area contributed by atoms with Crippen LogP contribution >= 0.6 is 23.2 Å². The SMILES string of the molecule is O=S(=O)(NCc1ccccc1F)c1cccc(Cl)c1Cl. The van der Waals surface area contributed by atoms with Crippen LogP contribution in [0.2, 0.25) is 10.0 Å². The molecule has 7 heteroatoms. The summed E-state index contributed by atoms with van der Waals surface area (Å²) in [5.41, 5.74) is 0.245. The Morgan fingerprint density at radius 1 is 1.05 bits per heavy atom. The zero-order chi connectivity index (χ0) is 14.8. The maximum Gasteiger partial charge on any atom is 0.242 e. The molecule has 20 heavy (non-hydrogen) atoms. The number of sulfonamides is 1. The summed E-state index contributed by atoms with van der Waals surface area (Å²) in [5, 5.41) is 0.0793. The summed E-state index contributed by atoms with van der Waals surface area (Å²) in [6.07, 6.45) is 0. The lowest BCUT2D eigenvalue weighted by Gasteiger charge is -2.09. The number of benzene rings is 2. The van der Waals surface area contributed by atoms with Gasteiger partial charge in [0.25, 0.3) is 0 Å². The van der Waals surface area contributed by atoms with Crippen molar-refractivity contribution in [2.75, 3.05) is 0 Å². The van der Waals surface area contributed by atoms with E-state index in [-0.39, 0.29) is 27.0 Å². The van der Waals surface area contributed by atoms with Gasteiger partial charge < -0.3 is 0 Å². The molecule has 1 N–H and O–H groups in total. The van der Waals surface area contributed by atoms with Crippen molar-refractivity contribution in [1.29, 1.82) is 0 Å². The molecule has 0 amide bonds. The topological polar surface area (TPSA) is 46.2 Å². The molecule has 2 aromatic rings. The van der Waals surface area contributed by atoms with Crippen LogP contribution in [0.5, 0.6) is 0 Å². The van der Waals surface area contributed by atoms with Crippen LogP contribution in [0.25, 0.3) is 0 Å². The highest BCUT2D eigenvalue weighted by Crippen LogP contribution is 2.28. The molecule has 0 atom stereocenters. The van der Waals surface area contributed by atoms with E-state index in [0.717, 1.165) is 0 Å². The van der Waals surface area contributed by atoms with E-state index in [0.29, 0.717) is 0 Å². The lowest BCUT2D eigenvalue weighted by atomic mass is 10.2. The van der Waals surface area contributed by atoms with E-state index < -0.39 is 15.8 Å². The number of hydrogen-bond donors (Lipinski definition) is 1. The van der Waals surface area contributed by atoms with Gasteiger partial charge in [0, 0.05) is 12.1 Å². The Bertz CT molecular complexity index is 735. The van der Waals surface area contributed by atoms with Gasteiger partial charge in [-0.3, -0.25) is 0 Å². The monoisotopic (exact) mass is 333 g/mol. The molecule has 2 aromatic carbocycles. The average molecular weight is 334 g/mol. The van der Waals surface area contributed by atoms with Gasteiger partial charge in [-0.25, -0.2) is 17.5 Å². The highest BCUT2D eigenvalue weighted by atomic mass is 35.5. The van der Waals surface area contributed by atoms with Crippen LogP contribution < -0.4 is 4.72 Å². The lowest BCUT2D eigenvalue weighted by molar-refractivity contribution is 0.574. The summed E-state index contributed by atoms with van der Waals surface area (Å²) in [4.78, 5) is -0.136. The molecule has 0 aromatic heterocycles. The zero-order valence-corrected chi connectivity index (χ0v) is 12.4. The molecule has 0 fully saturated rings. The maximum atomic E-state index is 13.4. The molecule has 0 aliphatic carbocycles. The van der Waals surface area contributed by atoms with Gasteiger partial charge in [0.1, 0.15) is 10.7 Å². The normalized spacial score (nSPS) is 11.6. The Morgan fingerprint density at radius 2 is 1.75 bits per heavy atom. The summed E-state index contributed by atoms with van der Waals surface area (Å²) < 4.78 is 39.9. The van der Waals surface area contributed by atoms with E-state index in [2.05, 4.69) is 4.72 Å². The zero-order valence-electron chi connectivity index (χ0n) is 10.1. The van der Waals surface area contributed by atoms with Crippen molar-refractivity contribution >= 4 is 33.2 Å². The summed E-state index contributed by atoms with van der Waals surface area (Å²) in [6, 6.07) is 10.2. The van der Waals surface area contributed by atoms with E-state index in [1.807, 2.05) is 0 Å². The maximum absolute atomic E-state index is 13.4. The first-order chi connectivity index (χ1) is 9.42. The van der Waals surface area contributed by atoms with Crippen molar-refractivity contribution in [3.63, 3.8) is 0 Å². The smallest absolute Gasteiger partial charge is 0.207 e. The molecule has 0 bridgehead atoms. The van der Waals surface area contributed by atoms with Gasteiger partial charge >= 0.3 is 0 Å². The minimum Gasteiger partial charge on any atom is -0.207 e. The number of hydrogen-bond acceptors (Lipinski definition) is 2. The summed E-state index contributed by atoms with van der Waals surface area (Å²) in [6.45, 7) is -0.169. The van der Waals surface area contributed by atoms with Crippen molar-refractivity contribution < 1.29 is 12.8 Å². The molecule has 3 nitrogen and oxygen atoms in total. The number of nitrogens with one attached hydrogen (secondary N) is 1. The van der Waals surface area contributed by atoms with Crippen LogP contribution in [0.3, 0.4) is 0 Å². The van der Waals surface area contributed by atoms with Crippen LogP contribution in [0, 0.1) is 5.82 Å². The van der Waals surface area contributed by atoms with Gasteiger partial charge in [0.05, 0.1) is 10.0 Å². The van der Waals surface area contributed by atoms with Crippen LogP contribution in [0.15, 0.2) is 47.4 Å². The number of rotatable bonds is 4. The van der Waals surface area contributed by atoms with Gasteiger partial charge in [0.2, 0.25) is 10.0 Å². The Hall–Kier alpha value is -1.14. The van der Waals surface area contributed by atoms with Crippen LogP contribution in [0.1, 0.15) is 5.56 Å². The summed E-state index contributed by atoms with van der Waals surface area (Å²) in [7, 11) is -3.86. The molecule has 0 aliphatic rings. The third kappa shape index (κ3) is 3.30. The molecule has 0 aliphatic heterocycles. The van der Waals surface area contributed by atoms with E-state index in [4.69, 9.17) is 23.2 Å². The second kappa shape index (κ2) is 6.10. The molecule has 0 saturated heterocycles. The molecule has 0 spiro atoms. The summed E-state index contributed by atoms with van der Waals surface area (Å²) in [5.74, 6) is -0.479. The fourth-order valence-corrected chi connectivity index (χ4v) is 3.35. The van der Waals surface area contributed by atoms with E-state index >= 15 is 0 Å². The highest BCUT2D eigenvalue weighted by Gasteiger charge is 2.19. The van der Waals surface area contributed by atoms with Crippen molar-refractivity contribution in [3.05, 3.63) is 63.9 Å². The molecule has 0 saturated carbocycles. The molecule has 0 radical (unpaired) electrons. The minimum atomic E-state index is -3.86. The Labute approximate surface area is 126 Å². The first kappa shape index (κ1) is 15.3. The Balaban J connectivity index is 2.24. The van der Waals surface area contributed by atoms with E-state index in [9.17, 15) is 12.8 Å². The van der Waals surface area contributed by atoms with E-state index in [1.54, 1.807) is 6.07 Å². The fraction of sp³-hybridized carbons (Fsp3) is 0.0769. The predicted octanol–water partition coefficient (Wildman–Crippen LogP) is 3.61. The van der Waals surface area contributed by atoms with Crippen LogP contribution in [-0.4, -0.2) is 8.42 Å². The van der Waals surface area contributed by atoms with Crippen molar-refractivity contribution in [1.82, 2.24) is 4.72 Å². The molecular formula is C13H10Cl2FNO2S. The van der Waals surface area contributed by atoms with Crippen molar-refractivity contribution in [2.24, 2.45) is 0 Å². The molecular weight excluding hydrogens is 324 g/mol. The van der Waals surface area contributed by atoms with Gasteiger partial charge in [-0.15, -0.1) is 0 Å². The largest absolute Gasteiger partial charge is 0.242 e. The second-order valence-corrected chi connectivity index (χ2v) is 6.49. The third-order valence-corrected chi connectivity index (χ3v) is 4.99.